The molecule has 1 spiro atoms. The molecule has 1 heterocycles. The number of rotatable bonds is 4. The standard InChI is InChI=1S/C13H19O3Si/c14-12-7-13(8-16-12)6-9-4-10(13)11(5-9)15-2-1-3-17/h9-11H,1-8H2. The highest BCUT2D eigenvalue weighted by Gasteiger charge is 2.59. The molecule has 1 saturated heterocycles. The summed E-state index contributed by atoms with van der Waals surface area (Å²) in [6.45, 7) is 1.48. The summed E-state index contributed by atoms with van der Waals surface area (Å²) in [5, 5.41) is 0. The highest BCUT2D eigenvalue weighted by Crippen LogP contribution is 2.60. The van der Waals surface area contributed by atoms with Gasteiger partial charge in [0, 0.05) is 22.3 Å². The fourth-order valence-corrected chi connectivity index (χ4v) is 4.26. The van der Waals surface area contributed by atoms with Crippen molar-refractivity contribution >= 4 is 16.2 Å². The van der Waals surface area contributed by atoms with Gasteiger partial charge in [0.25, 0.3) is 0 Å². The van der Waals surface area contributed by atoms with Crippen molar-refractivity contribution in [3.05, 3.63) is 0 Å². The van der Waals surface area contributed by atoms with Crippen LogP contribution in [-0.2, 0) is 14.3 Å². The van der Waals surface area contributed by atoms with E-state index in [9.17, 15) is 4.79 Å². The summed E-state index contributed by atoms with van der Waals surface area (Å²) in [6.07, 6.45) is 5.69. The summed E-state index contributed by atoms with van der Waals surface area (Å²) in [4.78, 5) is 11.4. The van der Waals surface area contributed by atoms with Crippen molar-refractivity contribution in [1.82, 2.24) is 0 Å². The average molecular weight is 251 g/mol. The molecule has 3 fully saturated rings. The van der Waals surface area contributed by atoms with E-state index in [1.54, 1.807) is 0 Å². The maximum atomic E-state index is 11.4. The van der Waals surface area contributed by atoms with Crippen LogP contribution in [0.25, 0.3) is 0 Å². The van der Waals surface area contributed by atoms with Gasteiger partial charge in [0.2, 0.25) is 0 Å². The first-order valence-corrected chi connectivity index (χ1v) is 7.36. The Morgan fingerprint density at radius 1 is 1.47 bits per heavy atom. The number of esters is 1. The Hall–Kier alpha value is -0.353. The van der Waals surface area contributed by atoms with Crippen molar-refractivity contribution in [2.24, 2.45) is 17.3 Å². The van der Waals surface area contributed by atoms with Gasteiger partial charge in [-0.15, -0.1) is 0 Å². The lowest BCUT2D eigenvalue weighted by Gasteiger charge is -2.36. The molecule has 93 valence electrons. The van der Waals surface area contributed by atoms with Gasteiger partial charge < -0.3 is 9.47 Å². The smallest absolute Gasteiger partial charge is 0.306 e. The predicted octanol–water partition coefficient (Wildman–Crippen LogP) is 1.71. The van der Waals surface area contributed by atoms with Gasteiger partial charge in [0.1, 0.15) is 0 Å². The molecular formula is C13H19O3Si. The largest absolute Gasteiger partial charge is 0.465 e. The summed E-state index contributed by atoms with van der Waals surface area (Å²) in [6, 6.07) is 0.994. The number of carbonyl (C=O) groups excluding carboxylic acids is 1. The number of hydrogen-bond acceptors (Lipinski definition) is 3. The first kappa shape index (κ1) is 11.7. The molecule has 3 nitrogen and oxygen atoms in total. The van der Waals surface area contributed by atoms with Gasteiger partial charge in [-0.25, -0.2) is 0 Å². The van der Waals surface area contributed by atoms with Crippen molar-refractivity contribution in [3.8, 4) is 0 Å². The highest BCUT2D eigenvalue weighted by molar-refractivity contribution is 6.08. The zero-order chi connectivity index (χ0) is 11.9. The minimum absolute atomic E-state index is 0.00328. The minimum atomic E-state index is -0.00328. The molecule has 4 unspecified atom stereocenters. The normalized spacial score (nSPS) is 43.6. The number of ether oxygens (including phenoxy) is 2. The molecule has 0 N–H and O–H groups in total. The minimum Gasteiger partial charge on any atom is -0.465 e. The zero-order valence-electron chi connectivity index (χ0n) is 10.1. The summed E-state index contributed by atoms with van der Waals surface area (Å²) < 4.78 is 11.2. The van der Waals surface area contributed by atoms with Crippen LogP contribution in [0.1, 0.15) is 32.1 Å². The third-order valence-corrected chi connectivity index (χ3v) is 5.11. The summed E-state index contributed by atoms with van der Waals surface area (Å²) in [5.41, 5.74) is 0.138. The number of fused-ring (bicyclic) bond motifs is 3. The van der Waals surface area contributed by atoms with E-state index in [-0.39, 0.29) is 11.4 Å². The maximum Gasteiger partial charge on any atom is 0.306 e. The molecule has 0 aromatic rings. The summed E-state index contributed by atoms with van der Waals surface area (Å²) >= 11 is 0. The first-order valence-electron chi connectivity index (χ1n) is 6.65. The van der Waals surface area contributed by atoms with Gasteiger partial charge in [-0.3, -0.25) is 4.79 Å². The van der Waals surface area contributed by atoms with Crippen LogP contribution >= 0.6 is 0 Å². The molecule has 2 bridgehead atoms. The van der Waals surface area contributed by atoms with Gasteiger partial charge in [-0.1, -0.05) is 6.04 Å². The molecular weight excluding hydrogens is 232 g/mol. The van der Waals surface area contributed by atoms with Crippen LogP contribution < -0.4 is 0 Å². The van der Waals surface area contributed by atoms with E-state index in [2.05, 4.69) is 10.2 Å². The van der Waals surface area contributed by atoms with Crippen LogP contribution in [0.15, 0.2) is 0 Å². The van der Waals surface area contributed by atoms with Crippen LogP contribution in [0.5, 0.6) is 0 Å². The van der Waals surface area contributed by atoms with E-state index in [0.29, 0.717) is 25.0 Å². The average Bonchev–Trinajstić information content (AvgIpc) is 2.94. The zero-order valence-corrected chi connectivity index (χ0v) is 11.1. The predicted molar refractivity (Wildman–Crippen MR) is 63.8 cm³/mol. The van der Waals surface area contributed by atoms with Crippen molar-refractivity contribution in [2.75, 3.05) is 13.2 Å². The first-order chi connectivity index (χ1) is 8.23. The Morgan fingerprint density at radius 3 is 3.00 bits per heavy atom. The third-order valence-electron chi connectivity index (χ3n) is 4.75. The molecule has 0 amide bonds. The van der Waals surface area contributed by atoms with E-state index in [1.807, 2.05) is 0 Å². The Bertz CT molecular complexity index is 320. The van der Waals surface area contributed by atoms with E-state index >= 15 is 0 Å². The lowest BCUT2D eigenvalue weighted by molar-refractivity contribution is -0.137. The number of carbonyl (C=O) groups is 1. The number of cyclic esters (lactones) is 1. The highest BCUT2D eigenvalue weighted by atomic mass is 28.1. The summed E-state index contributed by atoms with van der Waals surface area (Å²) in [7, 11) is 3.47. The fourth-order valence-electron chi connectivity index (χ4n) is 4.11. The quantitative estimate of drug-likeness (QED) is 0.433. The molecule has 1 aliphatic heterocycles. The molecule has 3 aliphatic rings. The van der Waals surface area contributed by atoms with Crippen LogP contribution in [0, 0.1) is 17.3 Å². The van der Waals surface area contributed by atoms with E-state index in [0.717, 1.165) is 25.0 Å². The third kappa shape index (κ3) is 1.95. The topological polar surface area (TPSA) is 35.5 Å². The van der Waals surface area contributed by atoms with Gasteiger partial charge in [-0.2, -0.15) is 0 Å². The Morgan fingerprint density at radius 2 is 2.35 bits per heavy atom. The van der Waals surface area contributed by atoms with E-state index < -0.39 is 0 Å². The lowest BCUT2D eigenvalue weighted by atomic mass is 9.71. The second-order valence-corrected chi connectivity index (χ2v) is 6.36. The van der Waals surface area contributed by atoms with Gasteiger partial charge in [-0.05, 0) is 37.5 Å². The van der Waals surface area contributed by atoms with Crippen LogP contribution in [0.2, 0.25) is 6.04 Å². The van der Waals surface area contributed by atoms with Crippen molar-refractivity contribution in [1.29, 1.82) is 0 Å². The second kappa shape index (κ2) is 4.39. The van der Waals surface area contributed by atoms with Crippen LogP contribution in [-0.4, -0.2) is 35.5 Å². The molecule has 17 heavy (non-hydrogen) atoms. The lowest BCUT2D eigenvalue weighted by Crippen LogP contribution is -2.38. The molecule has 3 radical (unpaired) electrons. The molecule has 2 aliphatic carbocycles. The van der Waals surface area contributed by atoms with Crippen LogP contribution in [0.4, 0.5) is 0 Å². The summed E-state index contributed by atoms with van der Waals surface area (Å²) in [5.74, 6) is 1.33. The second-order valence-electron chi connectivity index (χ2n) is 5.86. The maximum absolute atomic E-state index is 11.4. The molecule has 4 atom stereocenters. The molecule has 0 aromatic heterocycles. The fraction of sp³-hybridized carbons (Fsp3) is 0.923. The van der Waals surface area contributed by atoms with Gasteiger partial charge in [0.05, 0.1) is 19.1 Å². The van der Waals surface area contributed by atoms with Gasteiger partial charge in [0.15, 0.2) is 0 Å². The molecule has 3 rings (SSSR count). The van der Waals surface area contributed by atoms with Crippen molar-refractivity contribution in [3.63, 3.8) is 0 Å². The van der Waals surface area contributed by atoms with Crippen molar-refractivity contribution < 1.29 is 14.3 Å². The Kier molecular flexibility index (Phi) is 3.03. The SMILES string of the molecule is O=C1CC2(CO1)CC1CC(OCCC[Si])C2C1. The Labute approximate surface area is 106 Å². The van der Waals surface area contributed by atoms with E-state index in [1.165, 1.54) is 19.3 Å². The molecule has 0 aromatic carbocycles. The Balaban J connectivity index is 1.64. The monoisotopic (exact) mass is 251 g/mol. The van der Waals surface area contributed by atoms with E-state index in [4.69, 9.17) is 9.47 Å². The number of hydrogen-bond donors (Lipinski definition) is 0. The van der Waals surface area contributed by atoms with Crippen LogP contribution in [0.3, 0.4) is 0 Å². The molecule has 4 heteroatoms. The van der Waals surface area contributed by atoms with Crippen molar-refractivity contribution in [2.45, 2.75) is 44.3 Å². The van der Waals surface area contributed by atoms with Gasteiger partial charge >= 0.3 is 5.97 Å². The molecule has 2 saturated carbocycles.